The first-order valence-corrected chi connectivity index (χ1v) is 9.39. The van der Waals surface area contributed by atoms with Crippen molar-refractivity contribution in [2.24, 2.45) is 4.99 Å². The number of benzene rings is 2. The number of non-ortho nitro benzene ring substituents is 1. The number of nitro groups is 1. The highest BCUT2D eigenvalue weighted by atomic mass is 35.5. The van der Waals surface area contributed by atoms with E-state index in [2.05, 4.69) is 4.99 Å². The van der Waals surface area contributed by atoms with E-state index in [1.165, 1.54) is 29.5 Å². The molecule has 0 aliphatic rings. The fourth-order valence-electron chi connectivity index (χ4n) is 2.44. The minimum atomic E-state index is -0.496. The maximum Gasteiger partial charge on any atom is 0.286 e. The first kappa shape index (κ1) is 19.3. The Morgan fingerprint density at radius 1 is 1.30 bits per heavy atom. The van der Waals surface area contributed by atoms with Gasteiger partial charge in [-0.1, -0.05) is 34.5 Å². The van der Waals surface area contributed by atoms with E-state index in [0.717, 1.165) is 5.52 Å². The third kappa shape index (κ3) is 4.29. The number of hydrogen-bond acceptors (Lipinski definition) is 5. The number of rotatable bonds is 5. The highest BCUT2D eigenvalue weighted by molar-refractivity contribution is 7.16. The lowest BCUT2D eigenvalue weighted by molar-refractivity contribution is -0.384. The summed E-state index contributed by atoms with van der Waals surface area (Å²) in [6.07, 6.45) is 0. The van der Waals surface area contributed by atoms with E-state index >= 15 is 0 Å². The van der Waals surface area contributed by atoms with Crippen LogP contribution in [0.1, 0.15) is 6.92 Å². The predicted octanol–water partition coefficient (Wildman–Crippen LogP) is 4.44. The molecular formula is C17H13Cl2N3O4S. The summed E-state index contributed by atoms with van der Waals surface area (Å²) >= 11 is 13.0. The molecule has 140 valence electrons. The molecular weight excluding hydrogens is 413 g/mol. The van der Waals surface area contributed by atoms with Crippen LogP contribution in [0.4, 0.5) is 5.69 Å². The fourth-order valence-corrected chi connectivity index (χ4v) is 4.04. The van der Waals surface area contributed by atoms with Gasteiger partial charge in [-0.15, -0.1) is 0 Å². The number of carbonyl (C=O) groups is 1. The fraction of sp³-hybridized carbons (Fsp3) is 0.176. The van der Waals surface area contributed by atoms with E-state index in [1.807, 2.05) is 11.5 Å². The molecule has 10 heteroatoms. The van der Waals surface area contributed by atoms with E-state index in [0.29, 0.717) is 31.8 Å². The van der Waals surface area contributed by atoms with Crippen LogP contribution in [-0.4, -0.2) is 22.0 Å². The number of ether oxygens (including phenoxy) is 1. The van der Waals surface area contributed by atoms with Gasteiger partial charge in [0.25, 0.3) is 11.6 Å². The van der Waals surface area contributed by atoms with Crippen molar-refractivity contribution in [1.82, 2.24) is 4.57 Å². The second-order valence-corrected chi connectivity index (χ2v) is 7.26. The summed E-state index contributed by atoms with van der Waals surface area (Å²) in [5, 5.41) is 11.7. The lowest BCUT2D eigenvalue weighted by Gasteiger charge is -2.05. The minimum Gasteiger partial charge on any atom is -0.482 e. The van der Waals surface area contributed by atoms with Crippen LogP contribution < -0.4 is 9.54 Å². The molecule has 0 saturated carbocycles. The molecule has 3 aromatic rings. The highest BCUT2D eigenvalue weighted by Crippen LogP contribution is 2.27. The predicted molar refractivity (Wildman–Crippen MR) is 105 cm³/mol. The Bertz CT molecular complexity index is 1110. The zero-order valence-corrected chi connectivity index (χ0v) is 16.3. The molecule has 0 atom stereocenters. The van der Waals surface area contributed by atoms with Gasteiger partial charge >= 0.3 is 0 Å². The van der Waals surface area contributed by atoms with Crippen LogP contribution in [-0.2, 0) is 11.3 Å². The Balaban J connectivity index is 1.87. The summed E-state index contributed by atoms with van der Waals surface area (Å²) in [4.78, 5) is 27.2. The number of hydrogen-bond donors (Lipinski definition) is 0. The molecule has 1 amide bonds. The molecule has 7 nitrogen and oxygen atoms in total. The first-order valence-electron chi connectivity index (χ1n) is 7.82. The topological polar surface area (TPSA) is 86.7 Å². The minimum absolute atomic E-state index is 0.00871. The summed E-state index contributed by atoms with van der Waals surface area (Å²) in [6, 6.07) is 9.25. The summed E-state index contributed by atoms with van der Waals surface area (Å²) < 4.78 is 7.89. The number of amides is 1. The SMILES string of the molecule is CCn1c(=NC(=O)COc2ccc(Cl)cc2Cl)sc2cc([N+](=O)[O-])ccc21. The van der Waals surface area contributed by atoms with E-state index in [-0.39, 0.29) is 12.3 Å². The molecule has 1 aromatic heterocycles. The smallest absolute Gasteiger partial charge is 0.286 e. The van der Waals surface area contributed by atoms with Crippen LogP contribution in [0.25, 0.3) is 10.2 Å². The number of fused-ring (bicyclic) bond motifs is 1. The Labute approximate surface area is 167 Å². The van der Waals surface area contributed by atoms with Gasteiger partial charge in [-0.2, -0.15) is 4.99 Å². The second kappa shape index (κ2) is 8.08. The van der Waals surface area contributed by atoms with Crippen LogP contribution in [0.3, 0.4) is 0 Å². The molecule has 0 spiro atoms. The van der Waals surface area contributed by atoms with Gasteiger partial charge in [-0.25, -0.2) is 0 Å². The van der Waals surface area contributed by atoms with E-state index < -0.39 is 10.8 Å². The molecule has 2 aromatic carbocycles. The number of nitro benzene ring substituents is 1. The van der Waals surface area contributed by atoms with Gasteiger partial charge < -0.3 is 9.30 Å². The van der Waals surface area contributed by atoms with Crippen molar-refractivity contribution < 1.29 is 14.5 Å². The quantitative estimate of drug-likeness (QED) is 0.446. The Morgan fingerprint density at radius 3 is 2.74 bits per heavy atom. The van der Waals surface area contributed by atoms with Crippen LogP contribution in [0.2, 0.25) is 10.0 Å². The molecule has 3 rings (SSSR count). The van der Waals surface area contributed by atoms with Crippen molar-refractivity contribution in [1.29, 1.82) is 0 Å². The third-order valence-corrected chi connectivity index (χ3v) is 5.23. The van der Waals surface area contributed by atoms with Gasteiger partial charge in [0.05, 0.1) is 20.2 Å². The zero-order valence-electron chi connectivity index (χ0n) is 14.0. The Morgan fingerprint density at radius 2 is 2.07 bits per heavy atom. The molecule has 0 bridgehead atoms. The van der Waals surface area contributed by atoms with Crippen molar-refractivity contribution in [2.75, 3.05) is 6.61 Å². The normalized spacial score (nSPS) is 11.7. The molecule has 27 heavy (non-hydrogen) atoms. The van der Waals surface area contributed by atoms with Gasteiger partial charge in [0.15, 0.2) is 11.4 Å². The second-order valence-electron chi connectivity index (χ2n) is 5.41. The number of halogens is 2. The van der Waals surface area contributed by atoms with E-state index in [1.54, 1.807) is 18.2 Å². The monoisotopic (exact) mass is 425 g/mol. The van der Waals surface area contributed by atoms with Crippen LogP contribution >= 0.6 is 34.5 Å². The maximum atomic E-state index is 12.2. The number of thiazole rings is 1. The number of aryl methyl sites for hydroxylation is 1. The largest absolute Gasteiger partial charge is 0.482 e. The van der Waals surface area contributed by atoms with Gasteiger partial charge in [0, 0.05) is 23.7 Å². The summed E-state index contributed by atoms with van der Waals surface area (Å²) in [6.45, 7) is 2.17. The first-order chi connectivity index (χ1) is 12.9. The van der Waals surface area contributed by atoms with Crippen molar-refractivity contribution in [3.05, 3.63) is 61.4 Å². The molecule has 0 aliphatic heterocycles. The van der Waals surface area contributed by atoms with Gasteiger partial charge in [-0.05, 0) is 31.2 Å². The highest BCUT2D eigenvalue weighted by Gasteiger charge is 2.12. The molecule has 0 unspecified atom stereocenters. The number of nitrogens with zero attached hydrogens (tertiary/aromatic N) is 3. The molecule has 0 N–H and O–H groups in total. The van der Waals surface area contributed by atoms with Crippen LogP contribution in [0, 0.1) is 10.1 Å². The maximum absolute atomic E-state index is 12.2. The average Bonchev–Trinajstić information content (AvgIpc) is 2.96. The molecule has 0 radical (unpaired) electrons. The Hall–Kier alpha value is -2.42. The molecule has 0 fully saturated rings. The van der Waals surface area contributed by atoms with Crippen molar-refractivity contribution in [3.8, 4) is 5.75 Å². The van der Waals surface area contributed by atoms with Gasteiger partial charge in [0.2, 0.25) is 0 Å². The van der Waals surface area contributed by atoms with E-state index in [4.69, 9.17) is 27.9 Å². The van der Waals surface area contributed by atoms with Gasteiger partial charge in [-0.3, -0.25) is 14.9 Å². The van der Waals surface area contributed by atoms with Crippen LogP contribution in [0.15, 0.2) is 41.4 Å². The Kier molecular flexibility index (Phi) is 5.79. The summed E-state index contributed by atoms with van der Waals surface area (Å²) in [5.74, 6) is -0.163. The van der Waals surface area contributed by atoms with Crippen molar-refractivity contribution in [3.63, 3.8) is 0 Å². The van der Waals surface area contributed by atoms with E-state index in [9.17, 15) is 14.9 Å². The molecule has 1 heterocycles. The summed E-state index contributed by atoms with van der Waals surface area (Å²) in [7, 11) is 0. The van der Waals surface area contributed by atoms with Crippen molar-refractivity contribution in [2.45, 2.75) is 13.5 Å². The molecule has 0 aliphatic carbocycles. The number of carbonyl (C=O) groups excluding carboxylic acids is 1. The summed E-state index contributed by atoms with van der Waals surface area (Å²) in [5.41, 5.74) is 0.770. The van der Waals surface area contributed by atoms with Crippen molar-refractivity contribution >= 4 is 56.3 Å². The molecule has 0 saturated heterocycles. The lowest BCUT2D eigenvalue weighted by Crippen LogP contribution is -2.18. The lowest BCUT2D eigenvalue weighted by atomic mass is 10.3. The van der Waals surface area contributed by atoms with Crippen LogP contribution in [0.5, 0.6) is 5.75 Å². The van der Waals surface area contributed by atoms with Gasteiger partial charge in [0.1, 0.15) is 5.75 Å². The average molecular weight is 426 g/mol. The standard InChI is InChI=1S/C17H13Cl2N3O4S/c1-2-21-13-5-4-11(22(24)25)8-15(13)27-17(21)20-16(23)9-26-14-6-3-10(18)7-12(14)19/h3-8H,2,9H2,1H3. The number of aromatic nitrogens is 1. The zero-order chi connectivity index (χ0) is 19.6. The third-order valence-electron chi connectivity index (χ3n) is 3.66.